The van der Waals surface area contributed by atoms with Crippen LogP contribution >= 0.6 is 0 Å². The van der Waals surface area contributed by atoms with Crippen LogP contribution in [0.5, 0.6) is 0 Å². The maximum absolute atomic E-state index is 12.8. The fourth-order valence-electron chi connectivity index (χ4n) is 13.6. The smallest absolute Gasteiger partial charge is 0.322 e. The van der Waals surface area contributed by atoms with E-state index in [0.717, 1.165) is 25.7 Å². The zero-order valence-corrected chi connectivity index (χ0v) is 69.3. The summed E-state index contributed by atoms with van der Waals surface area (Å²) in [7, 11) is 17.5. The molecule has 0 radical (unpaired) electrons. The number of aryl methyl sites for hydroxylation is 4. The first-order valence-electron chi connectivity index (χ1n) is 48.4. The predicted molar refractivity (Wildman–Crippen MR) is 475 cm³/mol. The lowest BCUT2D eigenvalue weighted by molar-refractivity contribution is -0.118. The molecule has 127 heavy (non-hydrogen) atoms. The van der Waals surface area contributed by atoms with Gasteiger partial charge in [0.2, 0.25) is 11.8 Å². The molecule has 654 valence electrons. The Kier molecular flexibility index (Phi) is 18.0. The van der Waals surface area contributed by atoms with Gasteiger partial charge in [0.15, 0.2) is 57.8 Å². The molecule has 13 N–H and O–H groups in total. The van der Waals surface area contributed by atoms with E-state index in [-0.39, 0.29) is 116 Å². The van der Waals surface area contributed by atoms with Gasteiger partial charge < -0.3 is 83.0 Å². The minimum atomic E-state index is -2.79. The molecule has 2 fully saturated rings. The minimum absolute atomic E-state index is 0.0181. The molecule has 0 saturated heterocycles. The summed E-state index contributed by atoms with van der Waals surface area (Å²) >= 11 is 0. The van der Waals surface area contributed by atoms with Crippen molar-refractivity contribution in [3.63, 3.8) is 0 Å². The van der Waals surface area contributed by atoms with Crippen LogP contribution in [0.15, 0.2) is 104 Å². The summed E-state index contributed by atoms with van der Waals surface area (Å²) < 4.78 is 164. The summed E-state index contributed by atoms with van der Waals surface area (Å²) in [6, 6.07) is 11.0. The molecule has 12 aromatic heterocycles. The molecule has 18 rings (SSSR count). The van der Waals surface area contributed by atoms with Gasteiger partial charge in [0.1, 0.15) is 5.82 Å². The molecular formula is C82H93N37O8. The van der Waals surface area contributed by atoms with Gasteiger partial charge in [-0.3, -0.25) is 58.1 Å². The van der Waals surface area contributed by atoms with Gasteiger partial charge in [0, 0.05) is 284 Å². The summed E-state index contributed by atoms with van der Waals surface area (Å²) in [5.74, 6) is -3.81. The van der Waals surface area contributed by atoms with Crippen molar-refractivity contribution < 1.29 is 65.8 Å². The third-order valence-corrected chi connectivity index (χ3v) is 19.7. The van der Waals surface area contributed by atoms with Crippen LogP contribution in [0.2, 0.25) is 0 Å². The molecule has 2 aliphatic carbocycles. The van der Waals surface area contributed by atoms with Crippen molar-refractivity contribution >= 4 is 140 Å². The Bertz CT molecular complexity index is 6770. The first kappa shape index (κ1) is 63.5. The van der Waals surface area contributed by atoms with Crippen LogP contribution in [0, 0.1) is 11.8 Å². The summed E-state index contributed by atoms with van der Waals surface area (Å²) in [5.41, 5.74) is 6.01. The van der Waals surface area contributed by atoms with E-state index in [9.17, 15) is 38.4 Å². The highest BCUT2D eigenvalue weighted by atomic mass is 16.2. The number of hydrogen-bond acceptors (Lipinski definition) is 31. The molecule has 10 amide bonds. The third-order valence-electron chi connectivity index (χ3n) is 19.7. The SMILES string of the molecule is [2H]C([2H])([2H])NC(=O)c1cnc(NC(=O)C2CC2)cc1Nc1nccc2c1N(C)C([2H])([2H])c1cn(C)nc1-2.[2H]C([2H])([2H])NC(=O)c1nnc(NC(=O)C2CC2)cc1Nc1nccc2c1N(C)C([2H])([2H])c1cn(C)nc1-2.[2H]C([2H])([2H])NC(=O)c1nnc(NC(=O)N(C)C)cc1Nc1nccc2c1N(C)C([2H])([2H])c1cn(C)nc1-2.[2H]C([2H])([2H])NC(=O)c1nnc(NC(=O)NC)cc1Nc1nccc2c1N(C)C([2H])([2H])c1cn(C)nc1-2. The average Bonchev–Trinajstić information content (AvgIpc) is 1.68. The van der Waals surface area contributed by atoms with Crippen LogP contribution in [-0.4, -0.2) is 224 Å². The summed E-state index contributed by atoms with van der Waals surface area (Å²) in [4.78, 5) is 128. The van der Waals surface area contributed by atoms with Crippen molar-refractivity contribution in [3.05, 3.63) is 149 Å². The number of rotatable bonds is 18. The molecule has 2 saturated carbocycles. The Labute approximate surface area is 754 Å². The highest BCUT2D eigenvalue weighted by Gasteiger charge is 2.36. The number of urea groups is 2. The topological polar surface area (TPSA) is 522 Å². The number of anilines is 16. The molecular weight excluding hydrogens is 1630 g/mol. The molecule has 45 nitrogen and oxygen atoms in total. The van der Waals surface area contributed by atoms with E-state index in [1.165, 1.54) is 120 Å². The predicted octanol–water partition coefficient (Wildman–Crippen LogP) is 6.45. The van der Waals surface area contributed by atoms with Gasteiger partial charge in [-0.05, 0) is 49.9 Å². The van der Waals surface area contributed by atoms with E-state index >= 15 is 0 Å². The number of carbonyl (C=O) groups excluding carboxylic acids is 8. The largest absolute Gasteiger partial charge is 0.367 e. The van der Waals surface area contributed by atoms with Crippen molar-refractivity contribution in [1.29, 1.82) is 0 Å². The second kappa shape index (κ2) is 36.0. The van der Waals surface area contributed by atoms with Crippen LogP contribution in [0.25, 0.3) is 45.0 Å². The molecule has 0 unspecified atom stereocenters. The fourth-order valence-corrected chi connectivity index (χ4v) is 13.6. The second-order valence-corrected chi connectivity index (χ2v) is 29.1. The van der Waals surface area contributed by atoms with Crippen molar-refractivity contribution in [3.8, 4) is 45.0 Å². The molecule has 0 aromatic carbocycles. The Morgan fingerprint density at radius 3 is 1.02 bits per heavy atom. The number of nitrogens with zero attached hydrogens (tertiary/aromatic N) is 24. The number of aromatic nitrogens is 19. The monoisotopic (exact) mass is 1740 g/mol. The Morgan fingerprint density at radius 1 is 0.386 bits per heavy atom. The highest BCUT2D eigenvalue weighted by Crippen LogP contribution is 2.47. The van der Waals surface area contributed by atoms with Crippen molar-refractivity contribution in [1.82, 2.24) is 126 Å². The summed E-state index contributed by atoms with van der Waals surface area (Å²) in [5, 5.41) is 72.7. The van der Waals surface area contributed by atoms with Crippen LogP contribution in [0.4, 0.5) is 102 Å². The van der Waals surface area contributed by atoms with Crippen molar-refractivity contribution in [2.24, 2.45) is 40.0 Å². The molecule has 12 aromatic rings. The van der Waals surface area contributed by atoms with E-state index in [2.05, 4.69) is 124 Å². The van der Waals surface area contributed by atoms with E-state index in [1.54, 1.807) is 105 Å². The summed E-state index contributed by atoms with van der Waals surface area (Å²) in [6.07, 6.45) is 16.7. The van der Waals surface area contributed by atoms with Gasteiger partial charge in [-0.15, -0.1) is 30.6 Å². The lowest BCUT2D eigenvalue weighted by Gasteiger charge is -2.28. The van der Waals surface area contributed by atoms with E-state index in [1.807, 2.05) is 21.3 Å². The number of fused-ring (bicyclic) bond motifs is 12. The van der Waals surface area contributed by atoms with Crippen molar-refractivity contribution in [2.75, 3.05) is 139 Å². The molecule has 6 aliphatic rings. The summed E-state index contributed by atoms with van der Waals surface area (Å²) in [6.45, 7) is -18.8. The standard InChI is InChI=1S/C22H24N8O2.C21H23N9O2.C20H24N10O2.C19H22N10O2/c1-23-22(32)15-9-25-17(27-21(31)12-4-5-12)8-16(15)26-20-19-14(6-7-24-20)18-13(10-29(19)2)11-30(3)28-18;1-22-21(32)17-14(8-15(26-27-17)25-20(31)11-4-5-11)24-19-18-13(6-7-23-19)16-12(9-29(18)2)10-30(3)28-16;1-21-19(31)16-13(8-14(25-26-16)24-20(32)28(2)3)23-18-17-12(6-7-22-18)15-11(9-29(17)4)10-30(5)27-15;1-20-18(30)15-12(7-13(25-26-15)24-19(31)21-2)23-17-16-11(5-6-22-17)14-10(8-28(16)3)9-29(4)27-14/h6-9,11-12H,4-5,10H2,1-3H3,(H,23,32)(H2,24,25,26,27,31);6-8,10-11H,4-5,9H2,1-3H3,(H,22,32)(H2,23,24,25,26,31);6-8,10H,9H2,1-5H3,(H,21,31)(H2,22,23,24,25,32);5-7,9H,8H2,1-4H3,(H,20,30)(H3,21,22,23,24,25,31)/i1D3,10D2;2*1D3,9D2;1D3,8D2. The van der Waals surface area contributed by atoms with Gasteiger partial charge in [-0.2, -0.15) is 20.4 Å². The Hall–Kier alpha value is -16.4. The Balaban J connectivity index is 0.000000147. The Morgan fingerprint density at radius 2 is 0.693 bits per heavy atom. The van der Waals surface area contributed by atoms with E-state index < -0.39 is 89.6 Å². The van der Waals surface area contributed by atoms with Gasteiger partial charge in [-0.1, -0.05) is 0 Å². The number of carbonyl (C=O) groups is 8. The molecule has 0 spiro atoms. The number of amides is 10. The second-order valence-electron chi connectivity index (χ2n) is 29.1. The quantitative estimate of drug-likeness (QED) is 0.0439. The van der Waals surface area contributed by atoms with Crippen LogP contribution < -0.4 is 88.7 Å². The lowest BCUT2D eigenvalue weighted by Crippen LogP contribution is -2.28. The number of pyridine rings is 5. The first-order chi connectivity index (χ1) is 68.7. The van der Waals surface area contributed by atoms with Crippen LogP contribution in [0.1, 0.15) is 117 Å². The van der Waals surface area contributed by atoms with Gasteiger partial charge in [-0.25, -0.2) is 34.5 Å². The van der Waals surface area contributed by atoms with Crippen LogP contribution in [-0.2, 0) is 63.8 Å². The minimum Gasteiger partial charge on any atom is -0.367 e. The van der Waals surface area contributed by atoms with E-state index in [4.69, 9.17) is 27.4 Å². The fraction of sp³-hybridized carbons (Fsp3) is 0.305. The van der Waals surface area contributed by atoms with Gasteiger partial charge >= 0.3 is 12.1 Å². The molecule has 45 heteroatoms. The number of hydrogen-bond donors (Lipinski definition) is 13. The maximum atomic E-state index is 12.8. The zero-order chi connectivity index (χ0) is 107. The lowest BCUT2D eigenvalue weighted by atomic mass is 10.0. The van der Waals surface area contributed by atoms with Crippen molar-refractivity contribution in [2.45, 2.75) is 51.7 Å². The van der Waals surface area contributed by atoms with Gasteiger partial charge in [0.05, 0.1) is 84.8 Å². The third kappa shape index (κ3) is 18.3. The normalized spacial score (nSPS) is 17.5. The average molecular weight is 1750 g/mol. The van der Waals surface area contributed by atoms with Crippen LogP contribution in [0.3, 0.4) is 0 Å². The highest BCUT2D eigenvalue weighted by molar-refractivity contribution is 6.05. The zero-order valence-electron chi connectivity index (χ0n) is 89.3. The van der Waals surface area contributed by atoms with Gasteiger partial charge in [0.25, 0.3) is 23.6 Å². The molecule has 0 bridgehead atoms. The van der Waals surface area contributed by atoms with E-state index in [0.29, 0.717) is 90.0 Å². The molecule has 4 aliphatic heterocycles. The first-order valence-corrected chi connectivity index (χ1v) is 38.4. The molecule has 0 atom stereocenters. The molecule has 16 heterocycles. The number of nitrogens with one attached hydrogen (secondary N) is 13. The maximum Gasteiger partial charge on any atom is 0.322 e.